The van der Waals surface area contributed by atoms with Gasteiger partial charge in [-0.2, -0.15) is 0 Å². The third-order valence-electron chi connectivity index (χ3n) is 3.43. The molecule has 0 aromatic rings. The molecule has 1 aliphatic rings. The van der Waals surface area contributed by atoms with Crippen LogP contribution in [0.15, 0.2) is 0 Å². The molecule has 17 heavy (non-hydrogen) atoms. The highest BCUT2D eigenvalue weighted by Gasteiger charge is 2.41. The highest BCUT2D eigenvalue weighted by molar-refractivity contribution is 6.01. The molecule has 0 saturated heterocycles. The monoisotopic (exact) mass is 240 g/mol. The first-order valence-corrected chi connectivity index (χ1v) is 6.59. The summed E-state index contributed by atoms with van der Waals surface area (Å²) in [4.78, 5) is 24.3. The van der Waals surface area contributed by atoms with Gasteiger partial charge in [0, 0.05) is 5.41 Å². The van der Waals surface area contributed by atoms with Gasteiger partial charge in [0.25, 0.3) is 0 Å². The van der Waals surface area contributed by atoms with Gasteiger partial charge in [-0.3, -0.25) is 9.59 Å². The topological polar surface area (TPSA) is 43.4 Å². The molecule has 1 rings (SSSR count). The second kappa shape index (κ2) is 5.65. The van der Waals surface area contributed by atoms with Gasteiger partial charge in [0.1, 0.15) is 5.92 Å². The van der Waals surface area contributed by atoms with Crippen LogP contribution >= 0.6 is 0 Å². The lowest BCUT2D eigenvalue weighted by Gasteiger charge is -2.27. The number of ketones is 1. The van der Waals surface area contributed by atoms with Crippen LogP contribution in [0.5, 0.6) is 0 Å². The molecule has 3 nitrogen and oxygen atoms in total. The van der Waals surface area contributed by atoms with Crippen LogP contribution in [0, 0.1) is 17.3 Å². The van der Waals surface area contributed by atoms with Gasteiger partial charge in [-0.1, -0.05) is 33.6 Å². The smallest absolute Gasteiger partial charge is 0.316 e. The van der Waals surface area contributed by atoms with E-state index in [0.717, 1.165) is 25.7 Å². The van der Waals surface area contributed by atoms with E-state index in [4.69, 9.17) is 4.74 Å². The standard InChI is InChI=1S/C14H24O3/c1-5-17-13(16)11(10-8-6-7-9-10)12(15)14(2,3)4/h10-11H,5-9H2,1-4H3. The van der Waals surface area contributed by atoms with Crippen LogP contribution in [0.2, 0.25) is 0 Å². The van der Waals surface area contributed by atoms with E-state index in [1.54, 1.807) is 6.92 Å². The average molecular weight is 240 g/mol. The zero-order valence-corrected chi connectivity index (χ0v) is 11.4. The zero-order chi connectivity index (χ0) is 13.1. The van der Waals surface area contributed by atoms with Crippen molar-refractivity contribution in [1.82, 2.24) is 0 Å². The Morgan fingerprint density at radius 2 is 1.76 bits per heavy atom. The maximum atomic E-state index is 12.4. The Morgan fingerprint density at radius 1 is 1.24 bits per heavy atom. The number of hydrogen-bond acceptors (Lipinski definition) is 3. The van der Waals surface area contributed by atoms with Crippen molar-refractivity contribution < 1.29 is 14.3 Å². The van der Waals surface area contributed by atoms with Crippen LogP contribution in [-0.4, -0.2) is 18.4 Å². The predicted octanol–water partition coefficient (Wildman–Crippen LogP) is 2.97. The maximum Gasteiger partial charge on any atom is 0.316 e. The summed E-state index contributed by atoms with van der Waals surface area (Å²) < 4.78 is 5.07. The third kappa shape index (κ3) is 3.55. The van der Waals surface area contributed by atoms with E-state index < -0.39 is 11.3 Å². The van der Waals surface area contributed by atoms with Crippen LogP contribution in [-0.2, 0) is 14.3 Å². The molecule has 0 N–H and O–H groups in total. The van der Waals surface area contributed by atoms with Gasteiger partial charge in [0.15, 0.2) is 5.78 Å². The molecule has 1 saturated carbocycles. The van der Waals surface area contributed by atoms with Crippen LogP contribution in [0.3, 0.4) is 0 Å². The molecule has 0 heterocycles. The molecule has 1 aliphatic carbocycles. The van der Waals surface area contributed by atoms with Gasteiger partial charge in [-0.05, 0) is 25.7 Å². The molecule has 1 atom stereocenters. The van der Waals surface area contributed by atoms with Crippen LogP contribution < -0.4 is 0 Å². The minimum atomic E-state index is -0.544. The number of carbonyl (C=O) groups excluding carboxylic acids is 2. The van der Waals surface area contributed by atoms with Crippen molar-refractivity contribution in [1.29, 1.82) is 0 Å². The molecule has 0 radical (unpaired) electrons. The molecule has 0 bridgehead atoms. The molecule has 1 fully saturated rings. The molecule has 1 unspecified atom stereocenters. The lowest BCUT2D eigenvalue weighted by molar-refractivity contribution is -0.156. The van der Waals surface area contributed by atoms with E-state index in [-0.39, 0.29) is 17.7 Å². The first kappa shape index (κ1) is 14.2. The largest absolute Gasteiger partial charge is 0.465 e. The number of rotatable bonds is 4. The molecule has 0 aliphatic heterocycles. The fourth-order valence-electron chi connectivity index (χ4n) is 2.50. The molecule has 3 heteroatoms. The number of esters is 1. The Bertz CT molecular complexity index is 282. The van der Waals surface area contributed by atoms with Gasteiger partial charge in [0.05, 0.1) is 6.61 Å². The van der Waals surface area contributed by atoms with Crippen molar-refractivity contribution in [3.8, 4) is 0 Å². The first-order chi connectivity index (χ1) is 7.88. The van der Waals surface area contributed by atoms with Crippen molar-refractivity contribution in [2.24, 2.45) is 17.3 Å². The van der Waals surface area contributed by atoms with Crippen molar-refractivity contribution in [2.75, 3.05) is 6.61 Å². The Balaban J connectivity index is 2.85. The number of ether oxygens (including phenoxy) is 1. The fourth-order valence-corrected chi connectivity index (χ4v) is 2.50. The third-order valence-corrected chi connectivity index (χ3v) is 3.43. The lowest BCUT2D eigenvalue weighted by Crippen LogP contribution is -2.38. The lowest BCUT2D eigenvalue weighted by atomic mass is 9.76. The second-order valence-corrected chi connectivity index (χ2v) is 5.89. The summed E-state index contributed by atoms with van der Waals surface area (Å²) in [6.07, 6.45) is 4.20. The summed E-state index contributed by atoms with van der Waals surface area (Å²) in [6.45, 7) is 7.74. The number of hydrogen-bond donors (Lipinski definition) is 0. The van der Waals surface area contributed by atoms with Crippen molar-refractivity contribution in [3.05, 3.63) is 0 Å². The minimum Gasteiger partial charge on any atom is -0.465 e. The first-order valence-electron chi connectivity index (χ1n) is 6.59. The van der Waals surface area contributed by atoms with Crippen LogP contribution in [0.1, 0.15) is 53.4 Å². The molecule has 98 valence electrons. The summed E-state index contributed by atoms with van der Waals surface area (Å²) in [7, 11) is 0. The Hall–Kier alpha value is -0.860. The van der Waals surface area contributed by atoms with E-state index in [2.05, 4.69) is 0 Å². The molecule has 0 amide bonds. The number of Topliss-reactive ketones (excluding diaryl/α,β-unsaturated/α-hetero) is 1. The average Bonchev–Trinajstić information content (AvgIpc) is 2.70. The highest BCUT2D eigenvalue weighted by atomic mass is 16.5. The van der Waals surface area contributed by atoms with E-state index in [1.807, 2.05) is 20.8 Å². The van der Waals surface area contributed by atoms with Crippen molar-refractivity contribution in [2.45, 2.75) is 53.4 Å². The van der Waals surface area contributed by atoms with E-state index in [0.29, 0.717) is 6.61 Å². The summed E-state index contributed by atoms with van der Waals surface area (Å²) in [5.41, 5.74) is -0.472. The van der Waals surface area contributed by atoms with E-state index in [9.17, 15) is 9.59 Å². The predicted molar refractivity (Wildman–Crippen MR) is 66.5 cm³/mol. The Morgan fingerprint density at radius 3 is 2.18 bits per heavy atom. The molecule has 0 aromatic carbocycles. The summed E-state index contributed by atoms with van der Waals surface area (Å²) in [5, 5.41) is 0. The van der Waals surface area contributed by atoms with Crippen LogP contribution in [0.4, 0.5) is 0 Å². The maximum absolute atomic E-state index is 12.4. The zero-order valence-electron chi connectivity index (χ0n) is 11.4. The fraction of sp³-hybridized carbons (Fsp3) is 0.857. The molecule has 0 spiro atoms. The van der Waals surface area contributed by atoms with Gasteiger partial charge >= 0.3 is 5.97 Å². The summed E-state index contributed by atoms with van der Waals surface area (Å²) in [6, 6.07) is 0. The van der Waals surface area contributed by atoms with Gasteiger partial charge in [-0.15, -0.1) is 0 Å². The Kier molecular flexibility index (Phi) is 4.72. The molecular formula is C14H24O3. The highest BCUT2D eigenvalue weighted by Crippen LogP contribution is 2.36. The van der Waals surface area contributed by atoms with Crippen molar-refractivity contribution in [3.63, 3.8) is 0 Å². The van der Waals surface area contributed by atoms with Gasteiger partial charge < -0.3 is 4.74 Å². The summed E-state index contributed by atoms with van der Waals surface area (Å²) in [5.74, 6) is -0.639. The quantitative estimate of drug-likeness (QED) is 0.560. The van der Waals surface area contributed by atoms with E-state index >= 15 is 0 Å². The SMILES string of the molecule is CCOC(=O)C(C(=O)C(C)(C)C)C1CCCC1. The molecular weight excluding hydrogens is 216 g/mol. The second-order valence-electron chi connectivity index (χ2n) is 5.89. The van der Waals surface area contributed by atoms with Crippen molar-refractivity contribution >= 4 is 11.8 Å². The van der Waals surface area contributed by atoms with Gasteiger partial charge in [0.2, 0.25) is 0 Å². The van der Waals surface area contributed by atoms with E-state index in [1.165, 1.54) is 0 Å². The van der Waals surface area contributed by atoms with Crippen LogP contribution in [0.25, 0.3) is 0 Å². The Labute approximate surface area is 104 Å². The molecule has 0 aromatic heterocycles. The van der Waals surface area contributed by atoms with Gasteiger partial charge in [-0.25, -0.2) is 0 Å². The summed E-state index contributed by atoms with van der Waals surface area (Å²) >= 11 is 0. The number of carbonyl (C=O) groups is 2. The normalized spacial score (nSPS) is 19.1. The minimum absolute atomic E-state index is 0.0304.